The van der Waals surface area contributed by atoms with Crippen molar-refractivity contribution in [1.82, 2.24) is 0 Å². The first-order valence-corrected chi connectivity index (χ1v) is 16.5. The summed E-state index contributed by atoms with van der Waals surface area (Å²) in [5, 5.41) is 0. The third-order valence-electron chi connectivity index (χ3n) is 0. The van der Waals surface area contributed by atoms with Gasteiger partial charge in [0.2, 0.25) is 0 Å². The molecule has 0 aliphatic carbocycles. The van der Waals surface area contributed by atoms with Crippen LogP contribution in [-0.2, 0) is 40.2 Å². The van der Waals surface area contributed by atoms with Gasteiger partial charge in [-0.25, -0.2) is 0 Å². The number of rotatable bonds is 0. The van der Waals surface area contributed by atoms with Crippen molar-refractivity contribution < 1.29 is 126 Å². The summed E-state index contributed by atoms with van der Waals surface area (Å²) in [6.07, 6.45) is 0. The Morgan fingerprint density at radius 1 is 0.214 bits per heavy atom. The minimum atomic E-state index is -3.63. The Hall–Kier alpha value is 1.74. The minimum absolute atomic E-state index is 0. The molecule has 0 aliphatic heterocycles. The molecule has 0 aliphatic rings. The van der Waals surface area contributed by atoms with Gasteiger partial charge in [-0.2, -0.15) is 0 Å². The van der Waals surface area contributed by atoms with Crippen LogP contribution in [0.2, 0.25) is 0 Å². The van der Waals surface area contributed by atoms with Gasteiger partial charge < -0.3 is 126 Å². The molecule has 0 saturated heterocycles. The molecule has 27 nitrogen and oxygen atoms in total. The normalized spacial score (nSPS) is 5.14. The maximum absolute atomic E-state index is 8.52. The average molecular weight is 1780 g/mol. The fourth-order valence-corrected chi connectivity index (χ4v) is 0. The van der Waals surface area contributed by atoms with Gasteiger partial charge in [0.1, 0.15) is 0 Å². The van der Waals surface area contributed by atoms with E-state index in [0.717, 1.165) is 0 Å². The second kappa shape index (κ2) is 90.2. The van der Waals surface area contributed by atoms with Crippen LogP contribution in [0.15, 0.2) is 0 Å². The van der Waals surface area contributed by atoms with E-state index in [2.05, 4.69) is 0 Å². The fraction of sp³-hybridized carbons (Fsp3) is 0. The molecule has 0 aromatic rings. The first-order chi connectivity index (χ1) is 15.6. The second-order valence-corrected chi connectivity index (χ2v) is 6.75. The van der Waals surface area contributed by atoms with Gasteiger partial charge in [-0.05, 0) is 0 Å². The van der Waals surface area contributed by atoms with Gasteiger partial charge in [0.25, 0.3) is 0 Å². The molecule has 0 amide bonds. The van der Waals surface area contributed by atoms with E-state index in [4.69, 9.17) is 126 Å². The van der Waals surface area contributed by atoms with Crippen LogP contribution < -0.4 is 86.3 Å². The Bertz CT molecular complexity index is 442. The fourth-order valence-electron chi connectivity index (χ4n) is 0. The van der Waals surface area contributed by atoms with Crippen LogP contribution in [0.3, 0.4) is 0 Å². The van der Waals surface area contributed by atoms with E-state index in [1.165, 1.54) is 0 Å². The molecule has 0 N–H and O–H groups in total. The first-order valence-electron chi connectivity index (χ1n) is 5.51. The van der Waals surface area contributed by atoms with Gasteiger partial charge in [-0.15, -0.1) is 0 Å². The molecule has 0 unspecified atom stereocenters. The van der Waals surface area contributed by atoms with Crippen molar-refractivity contribution in [2.45, 2.75) is 0 Å². The van der Waals surface area contributed by atoms with Crippen LogP contribution >= 0.6 is 0 Å². The second-order valence-electron chi connectivity index (χ2n) is 2.25. The summed E-state index contributed by atoms with van der Waals surface area (Å²) in [6.45, 7) is 0. The Kier molecular flexibility index (Phi) is 208. The molecule has 0 rings (SSSR count). The van der Waals surface area contributed by atoms with Crippen LogP contribution in [0.25, 0.3) is 0 Å². The van der Waals surface area contributed by atoms with E-state index < -0.39 is 82.5 Å². The van der Waals surface area contributed by atoms with Crippen molar-refractivity contribution in [3.63, 3.8) is 0 Å². The summed E-state index contributed by atoms with van der Waals surface area (Å²) in [5.74, 6) is 0. The van der Waals surface area contributed by atoms with E-state index in [1.807, 2.05) is 0 Å². The molecule has 42 heteroatoms. The van der Waals surface area contributed by atoms with Crippen molar-refractivity contribution in [3.8, 4) is 0 Å². The topological polar surface area (TPSA) is 569 Å². The third-order valence-corrected chi connectivity index (χ3v) is 0. The predicted molar refractivity (Wildman–Crippen MR) is 109 cm³/mol. The SMILES string of the molecule is O=[Si]([O-])[O-].O=[Si]([O-])[O-].O=[Si]([O-])[O-].O=[Si]([O-])[O-].O=[Si]([O-])[O-].O=[Si]([O-])[O-].O=[Si]([O-])[O-].O=[Si]([O-])[O-].O=[Si]([O-])[O-].[Bi+3].[Bi+3].[Pb+2].[Pb+2].[TeH6+4].[TeH6+4]. The molecular formula is H12Bi2O27Pb2Si9Te2. The summed E-state index contributed by atoms with van der Waals surface area (Å²) in [7, 11) is -32.7. The van der Waals surface area contributed by atoms with Gasteiger partial charge in [0, 0.05) is 82.5 Å². The van der Waals surface area contributed by atoms with E-state index in [1.54, 1.807) is 0 Å². The maximum atomic E-state index is 8.52. The Morgan fingerprint density at radius 3 is 0.214 bits per heavy atom. The zero-order valence-corrected chi connectivity index (χ0v) is 41.1. The number of hydrogen-bond donors (Lipinski definition) is 0. The summed E-state index contributed by atoms with van der Waals surface area (Å²) in [4.78, 5) is 153. The van der Waals surface area contributed by atoms with Gasteiger partial charge in [-0.3, -0.25) is 0 Å². The first kappa shape index (κ1) is 96.7. The van der Waals surface area contributed by atoms with Crippen LogP contribution in [0.4, 0.5) is 0 Å². The van der Waals surface area contributed by atoms with Crippen molar-refractivity contribution >= 4 is 237 Å². The van der Waals surface area contributed by atoms with Crippen LogP contribution in [0, 0.1) is 0 Å². The molecule has 0 saturated carbocycles. The molecule has 0 fully saturated rings. The van der Waals surface area contributed by atoms with Gasteiger partial charge in [-0.1, -0.05) is 0 Å². The predicted octanol–water partition coefficient (Wildman–Crippen LogP) is -31.4. The quantitative estimate of drug-likeness (QED) is 0.203. The molecule has 42 heavy (non-hydrogen) atoms. The number of hydrogen-bond acceptors (Lipinski definition) is 27. The van der Waals surface area contributed by atoms with Crippen LogP contribution in [0.5, 0.6) is 0 Å². The zero-order chi connectivity index (χ0) is 32.2. The molecule has 0 aromatic carbocycles. The monoisotopic (exact) mass is 1790 g/mol. The van der Waals surface area contributed by atoms with E-state index >= 15 is 0 Å². The van der Waals surface area contributed by atoms with Gasteiger partial charge in [0.05, 0.1) is 0 Å². The zero-order valence-electron chi connectivity index (χ0n) is 17.4. The molecule has 0 aromatic heterocycles. The summed E-state index contributed by atoms with van der Waals surface area (Å²) in [6, 6.07) is 0. The van der Waals surface area contributed by atoms with E-state index in [-0.39, 0.29) is 154 Å². The third kappa shape index (κ3) is 22800. The van der Waals surface area contributed by atoms with Crippen molar-refractivity contribution in [2.75, 3.05) is 0 Å². The Balaban J connectivity index is -0.0000000148. The van der Waals surface area contributed by atoms with Crippen LogP contribution in [0.1, 0.15) is 0 Å². The van der Waals surface area contributed by atoms with Gasteiger partial charge >= 0.3 is 154 Å². The van der Waals surface area contributed by atoms with Crippen molar-refractivity contribution in [1.29, 1.82) is 0 Å². The van der Waals surface area contributed by atoms with E-state index in [9.17, 15) is 0 Å². The summed E-state index contributed by atoms with van der Waals surface area (Å²) < 4.78 is 76.7. The molecule has 0 heterocycles. The molecule has 0 bridgehead atoms. The van der Waals surface area contributed by atoms with Crippen molar-refractivity contribution in [3.05, 3.63) is 0 Å². The molecule has 8 radical (unpaired) electrons. The molecule has 0 atom stereocenters. The summed E-state index contributed by atoms with van der Waals surface area (Å²) in [5.41, 5.74) is 0. The molecular weight excluding hydrogens is 1770 g/mol. The average Bonchev–Trinajstić information content (AvgIpc) is 2.39. The molecule has 240 valence electrons. The molecule has 0 spiro atoms. The van der Waals surface area contributed by atoms with Crippen LogP contribution in [-0.4, -0.2) is 237 Å². The van der Waals surface area contributed by atoms with E-state index in [0.29, 0.717) is 0 Å². The van der Waals surface area contributed by atoms with Crippen molar-refractivity contribution in [2.24, 2.45) is 0 Å². The standard InChI is InChI=1S/2Bi.9O3Si.2Pb.2H6Te/c;;9*1-4(2)3;;;;/h;;;;;;;;;;;;;2*1H6/q2*+3;9*-2;2*+2;2*+4. The summed E-state index contributed by atoms with van der Waals surface area (Å²) >= 11 is 0. The van der Waals surface area contributed by atoms with Gasteiger partial charge in [0.15, 0.2) is 0 Å². The Morgan fingerprint density at radius 2 is 0.214 bits per heavy atom. The Labute approximate surface area is 358 Å².